The standard InChI is InChI=1S/C16H19NO5/c18-14(19)13-16(7-4-8-16)22-10-9-17(13)15(20)21-11-12-5-2-1-3-6-12/h1-3,5-6,13H,4,7-11H2,(H,18,19). The van der Waals surface area contributed by atoms with Crippen molar-refractivity contribution in [2.45, 2.75) is 37.5 Å². The molecular weight excluding hydrogens is 286 g/mol. The number of carbonyl (C=O) groups is 2. The van der Waals surface area contributed by atoms with Crippen LogP contribution in [0.1, 0.15) is 24.8 Å². The maximum absolute atomic E-state index is 12.3. The minimum absolute atomic E-state index is 0.135. The Morgan fingerprint density at radius 2 is 2.05 bits per heavy atom. The average molecular weight is 305 g/mol. The number of carbonyl (C=O) groups excluding carboxylic acids is 1. The lowest BCUT2D eigenvalue weighted by Gasteiger charge is -2.51. The molecule has 6 nitrogen and oxygen atoms in total. The molecule has 22 heavy (non-hydrogen) atoms. The number of carboxylic acids is 1. The Kier molecular flexibility index (Phi) is 4.02. The summed E-state index contributed by atoms with van der Waals surface area (Å²) in [5, 5.41) is 9.51. The van der Waals surface area contributed by atoms with E-state index in [9.17, 15) is 14.7 Å². The van der Waals surface area contributed by atoms with Crippen LogP contribution < -0.4 is 0 Å². The van der Waals surface area contributed by atoms with Gasteiger partial charge in [-0.25, -0.2) is 9.59 Å². The topological polar surface area (TPSA) is 76.1 Å². The first-order valence-corrected chi connectivity index (χ1v) is 7.46. The third kappa shape index (κ3) is 2.66. The van der Waals surface area contributed by atoms with E-state index in [0.29, 0.717) is 19.4 Å². The van der Waals surface area contributed by atoms with Gasteiger partial charge < -0.3 is 14.6 Å². The highest BCUT2D eigenvalue weighted by molar-refractivity contribution is 5.82. The number of amides is 1. The largest absolute Gasteiger partial charge is 0.480 e. The molecule has 0 bridgehead atoms. The number of rotatable bonds is 3. The molecule has 0 radical (unpaired) electrons. The van der Waals surface area contributed by atoms with Crippen LogP contribution in [0.5, 0.6) is 0 Å². The molecule has 2 aliphatic rings. The molecule has 1 saturated heterocycles. The molecule has 1 aromatic rings. The molecule has 1 amide bonds. The van der Waals surface area contributed by atoms with Crippen molar-refractivity contribution in [3.63, 3.8) is 0 Å². The number of aliphatic carboxylic acids is 1. The van der Waals surface area contributed by atoms with Crippen LogP contribution >= 0.6 is 0 Å². The van der Waals surface area contributed by atoms with Gasteiger partial charge in [0, 0.05) is 6.54 Å². The van der Waals surface area contributed by atoms with Gasteiger partial charge in [-0.15, -0.1) is 0 Å². The highest BCUT2D eigenvalue weighted by Gasteiger charge is 2.55. The molecule has 1 saturated carbocycles. The summed E-state index contributed by atoms with van der Waals surface area (Å²) in [7, 11) is 0. The Hall–Kier alpha value is -2.08. The first-order chi connectivity index (χ1) is 10.6. The van der Waals surface area contributed by atoms with E-state index >= 15 is 0 Å². The summed E-state index contributed by atoms with van der Waals surface area (Å²) in [6.07, 6.45) is 1.68. The van der Waals surface area contributed by atoms with E-state index in [2.05, 4.69) is 0 Å². The fourth-order valence-electron chi connectivity index (χ4n) is 3.14. The van der Waals surface area contributed by atoms with Crippen molar-refractivity contribution in [2.75, 3.05) is 13.2 Å². The Labute approximate surface area is 128 Å². The number of benzene rings is 1. The van der Waals surface area contributed by atoms with Crippen molar-refractivity contribution in [1.29, 1.82) is 0 Å². The van der Waals surface area contributed by atoms with Gasteiger partial charge in [-0.1, -0.05) is 30.3 Å². The lowest BCUT2D eigenvalue weighted by Crippen LogP contribution is -2.67. The van der Waals surface area contributed by atoms with Gasteiger partial charge in [0.05, 0.1) is 12.2 Å². The molecule has 3 rings (SSSR count). The third-order valence-electron chi connectivity index (χ3n) is 4.41. The van der Waals surface area contributed by atoms with Gasteiger partial charge >= 0.3 is 12.1 Å². The molecule has 1 aromatic carbocycles. The predicted octanol–water partition coefficient (Wildman–Crippen LogP) is 2.03. The van der Waals surface area contributed by atoms with Crippen LogP contribution in [-0.2, 0) is 20.9 Å². The van der Waals surface area contributed by atoms with E-state index in [1.165, 1.54) is 4.90 Å². The predicted molar refractivity (Wildman–Crippen MR) is 77.3 cm³/mol. The molecule has 118 valence electrons. The van der Waals surface area contributed by atoms with Crippen LogP contribution in [0.15, 0.2) is 30.3 Å². The molecule has 1 aliphatic heterocycles. The second-order valence-electron chi connectivity index (χ2n) is 5.74. The van der Waals surface area contributed by atoms with E-state index in [-0.39, 0.29) is 13.2 Å². The van der Waals surface area contributed by atoms with E-state index < -0.39 is 23.7 Å². The fourth-order valence-corrected chi connectivity index (χ4v) is 3.14. The van der Waals surface area contributed by atoms with Crippen molar-refractivity contribution in [3.05, 3.63) is 35.9 Å². The summed E-state index contributed by atoms with van der Waals surface area (Å²) >= 11 is 0. The summed E-state index contributed by atoms with van der Waals surface area (Å²) < 4.78 is 11.0. The quantitative estimate of drug-likeness (QED) is 0.924. The highest BCUT2D eigenvalue weighted by atomic mass is 16.6. The molecule has 0 aromatic heterocycles. The Morgan fingerprint density at radius 3 is 2.64 bits per heavy atom. The summed E-state index contributed by atoms with van der Waals surface area (Å²) in [4.78, 5) is 25.2. The maximum Gasteiger partial charge on any atom is 0.411 e. The zero-order valence-corrected chi connectivity index (χ0v) is 12.2. The fraction of sp³-hybridized carbons (Fsp3) is 0.500. The number of hydrogen-bond donors (Lipinski definition) is 1. The number of nitrogens with zero attached hydrogens (tertiary/aromatic N) is 1. The van der Waals surface area contributed by atoms with Crippen molar-refractivity contribution in [2.24, 2.45) is 0 Å². The molecule has 6 heteroatoms. The lowest BCUT2D eigenvalue weighted by molar-refractivity contribution is -0.196. The first-order valence-electron chi connectivity index (χ1n) is 7.46. The molecule has 1 aliphatic carbocycles. The van der Waals surface area contributed by atoms with Gasteiger partial charge in [-0.3, -0.25) is 4.90 Å². The van der Waals surface area contributed by atoms with Gasteiger partial charge in [-0.05, 0) is 24.8 Å². The van der Waals surface area contributed by atoms with Gasteiger partial charge in [-0.2, -0.15) is 0 Å². The van der Waals surface area contributed by atoms with Gasteiger partial charge in [0.1, 0.15) is 6.61 Å². The van der Waals surface area contributed by atoms with Crippen LogP contribution in [0, 0.1) is 0 Å². The van der Waals surface area contributed by atoms with Crippen LogP contribution in [0.3, 0.4) is 0 Å². The Morgan fingerprint density at radius 1 is 1.32 bits per heavy atom. The molecule has 1 unspecified atom stereocenters. The van der Waals surface area contributed by atoms with Crippen molar-refractivity contribution >= 4 is 12.1 Å². The Bertz CT molecular complexity index is 555. The molecular formula is C16H19NO5. The monoisotopic (exact) mass is 305 g/mol. The molecule has 1 heterocycles. The zero-order chi connectivity index (χ0) is 15.6. The molecule has 1 N–H and O–H groups in total. The minimum Gasteiger partial charge on any atom is -0.480 e. The second-order valence-corrected chi connectivity index (χ2v) is 5.74. The lowest BCUT2D eigenvalue weighted by atomic mass is 9.73. The van der Waals surface area contributed by atoms with Crippen LogP contribution in [-0.4, -0.2) is 46.9 Å². The smallest absolute Gasteiger partial charge is 0.411 e. The summed E-state index contributed by atoms with van der Waals surface area (Å²) in [5.41, 5.74) is 0.143. The van der Waals surface area contributed by atoms with Gasteiger partial charge in [0.15, 0.2) is 6.04 Å². The molecule has 1 atom stereocenters. The number of carboxylic acid groups (broad SMARTS) is 1. The normalized spacial score (nSPS) is 22.9. The number of ether oxygens (including phenoxy) is 2. The molecule has 2 fully saturated rings. The van der Waals surface area contributed by atoms with Crippen LogP contribution in [0.25, 0.3) is 0 Å². The van der Waals surface area contributed by atoms with E-state index in [0.717, 1.165) is 12.0 Å². The average Bonchev–Trinajstić information content (AvgIpc) is 2.51. The minimum atomic E-state index is -1.03. The molecule has 1 spiro atoms. The van der Waals surface area contributed by atoms with Crippen LogP contribution in [0.2, 0.25) is 0 Å². The third-order valence-corrected chi connectivity index (χ3v) is 4.41. The number of morpholine rings is 1. The van der Waals surface area contributed by atoms with Gasteiger partial charge in [0.2, 0.25) is 0 Å². The van der Waals surface area contributed by atoms with Crippen molar-refractivity contribution < 1.29 is 24.2 Å². The van der Waals surface area contributed by atoms with E-state index in [1.807, 2.05) is 30.3 Å². The van der Waals surface area contributed by atoms with Crippen molar-refractivity contribution in [3.8, 4) is 0 Å². The summed E-state index contributed by atoms with van der Waals surface area (Å²) in [6, 6.07) is 8.36. The van der Waals surface area contributed by atoms with Gasteiger partial charge in [0.25, 0.3) is 0 Å². The summed E-state index contributed by atoms with van der Waals surface area (Å²) in [6.45, 7) is 0.729. The van der Waals surface area contributed by atoms with Crippen LogP contribution in [0.4, 0.5) is 4.79 Å². The maximum atomic E-state index is 12.3. The van der Waals surface area contributed by atoms with Crippen molar-refractivity contribution in [1.82, 2.24) is 4.90 Å². The van der Waals surface area contributed by atoms with E-state index in [1.54, 1.807) is 0 Å². The Balaban J connectivity index is 1.68. The first kappa shape index (κ1) is 14.8. The highest BCUT2D eigenvalue weighted by Crippen LogP contribution is 2.43. The SMILES string of the molecule is O=C(O)C1N(C(=O)OCc2ccccc2)CCOC12CCC2. The van der Waals surface area contributed by atoms with E-state index in [4.69, 9.17) is 9.47 Å². The summed E-state index contributed by atoms with van der Waals surface area (Å²) in [5.74, 6) is -1.03. The zero-order valence-electron chi connectivity index (χ0n) is 12.2. The number of hydrogen-bond acceptors (Lipinski definition) is 4. The second kappa shape index (κ2) is 5.96.